The van der Waals surface area contributed by atoms with Crippen LogP contribution < -0.4 is 10.1 Å². The van der Waals surface area contributed by atoms with Gasteiger partial charge in [0, 0.05) is 17.1 Å². The van der Waals surface area contributed by atoms with E-state index in [0.717, 1.165) is 41.8 Å². The quantitative estimate of drug-likeness (QED) is 0.809. The van der Waals surface area contributed by atoms with E-state index in [1.54, 1.807) is 29.7 Å². The van der Waals surface area contributed by atoms with Gasteiger partial charge in [-0.2, -0.15) is 0 Å². The Bertz CT molecular complexity index is 788. The van der Waals surface area contributed by atoms with Crippen LogP contribution in [0.3, 0.4) is 0 Å². The number of carboxylic acid groups (broad SMARTS) is 1. The molecule has 1 aromatic carbocycles. The van der Waals surface area contributed by atoms with Crippen molar-refractivity contribution in [1.29, 1.82) is 0 Å². The number of aromatic nitrogens is 1. The molecule has 26 heavy (non-hydrogen) atoms. The van der Waals surface area contributed by atoms with E-state index in [0.29, 0.717) is 11.3 Å². The lowest BCUT2D eigenvalue weighted by Crippen LogP contribution is -2.43. The molecule has 1 aliphatic carbocycles. The van der Waals surface area contributed by atoms with Gasteiger partial charge in [0.1, 0.15) is 10.8 Å². The van der Waals surface area contributed by atoms with Crippen molar-refractivity contribution in [1.82, 2.24) is 10.3 Å². The van der Waals surface area contributed by atoms with E-state index in [2.05, 4.69) is 10.3 Å². The topological polar surface area (TPSA) is 88.5 Å². The van der Waals surface area contributed by atoms with Gasteiger partial charge in [-0.15, -0.1) is 11.3 Å². The number of rotatable bonds is 6. The number of nitrogens with one attached hydrogen (secondary N) is 1. The van der Waals surface area contributed by atoms with Crippen molar-refractivity contribution in [2.75, 3.05) is 6.61 Å². The highest BCUT2D eigenvalue weighted by atomic mass is 32.1. The molecule has 0 bridgehead atoms. The molecule has 6 nitrogen and oxygen atoms in total. The predicted molar refractivity (Wildman–Crippen MR) is 98.8 cm³/mol. The molecule has 1 saturated carbocycles. The lowest BCUT2D eigenvalue weighted by molar-refractivity contribution is -0.139. The van der Waals surface area contributed by atoms with Crippen molar-refractivity contribution >= 4 is 23.2 Å². The molecular formula is C19H22N2O4S. The van der Waals surface area contributed by atoms with Crippen molar-refractivity contribution < 1.29 is 19.4 Å². The van der Waals surface area contributed by atoms with Gasteiger partial charge in [-0.25, -0.2) is 9.78 Å². The fourth-order valence-electron chi connectivity index (χ4n) is 3.56. The number of carbonyl (C=O) groups is 2. The summed E-state index contributed by atoms with van der Waals surface area (Å²) >= 11 is 1.57. The number of hydrogen-bond donors (Lipinski definition) is 2. The molecule has 3 rings (SSSR count). The van der Waals surface area contributed by atoms with Crippen molar-refractivity contribution in [3.8, 4) is 5.75 Å². The molecule has 0 saturated heterocycles. The van der Waals surface area contributed by atoms with Crippen LogP contribution >= 0.6 is 11.3 Å². The molecule has 2 aromatic rings. The average molecular weight is 374 g/mol. The van der Waals surface area contributed by atoms with Crippen molar-refractivity contribution in [3.05, 3.63) is 45.4 Å². The number of ether oxygens (including phenoxy) is 1. The molecule has 0 spiro atoms. The Morgan fingerprint density at radius 1 is 1.27 bits per heavy atom. The molecule has 1 aromatic heterocycles. The lowest BCUT2D eigenvalue weighted by Gasteiger charge is -2.28. The van der Waals surface area contributed by atoms with Crippen LogP contribution in [0.5, 0.6) is 5.75 Å². The van der Waals surface area contributed by atoms with Crippen LogP contribution in [-0.2, 0) is 10.3 Å². The van der Waals surface area contributed by atoms with E-state index in [-0.39, 0.29) is 11.4 Å². The number of amides is 1. The molecule has 0 aliphatic heterocycles. The Hall–Kier alpha value is -2.41. The minimum atomic E-state index is -1.03. The first kappa shape index (κ1) is 18.4. The molecule has 1 fully saturated rings. The van der Waals surface area contributed by atoms with Crippen LogP contribution in [0.15, 0.2) is 23.7 Å². The molecule has 1 aliphatic rings. The standard InChI is InChI=1S/C19H22N2O4S/c1-12-9-14(10-13(2)16(12)25-11-15(22)23)17(24)21-19(5-3-4-6-19)18-20-7-8-26-18/h7-10H,3-6,11H2,1-2H3,(H,21,24)(H,22,23). The van der Waals surface area contributed by atoms with Gasteiger partial charge < -0.3 is 15.2 Å². The summed E-state index contributed by atoms with van der Waals surface area (Å²) in [4.78, 5) is 28.1. The third kappa shape index (κ3) is 3.72. The van der Waals surface area contributed by atoms with Crippen LogP contribution in [0.4, 0.5) is 0 Å². The fraction of sp³-hybridized carbons (Fsp3) is 0.421. The molecule has 2 N–H and O–H groups in total. The summed E-state index contributed by atoms with van der Waals surface area (Å²) in [7, 11) is 0. The van der Waals surface area contributed by atoms with E-state index in [1.165, 1.54) is 0 Å². The predicted octanol–water partition coefficient (Wildman–Crippen LogP) is 3.42. The number of benzene rings is 1. The first-order valence-corrected chi connectivity index (χ1v) is 9.47. The Balaban J connectivity index is 1.82. The monoisotopic (exact) mass is 374 g/mol. The molecule has 1 amide bonds. The highest BCUT2D eigenvalue weighted by molar-refractivity contribution is 7.09. The summed E-state index contributed by atoms with van der Waals surface area (Å²) in [5, 5.41) is 14.9. The van der Waals surface area contributed by atoms with Crippen LogP contribution in [0, 0.1) is 13.8 Å². The number of nitrogens with zero attached hydrogens (tertiary/aromatic N) is 1. The number of aliphatic carboxylic acids is 1. The van der Waals surface area contributed by atoms with Gasteiger partial charge in [0.25, 0.3) is 5.91 Å². The zero-order valence-electron chi connectivity index (χ0n) is 14.9. The fourth-order valence-corrected chi connectivity index (χ4v) is 4.42. The zero-order chi connectivity index (χ0) is 18.7. The molecular weight excluding hydrogens is 352 g/mol. The van der Waals surface area contributed by atoms with E-state index in [1.807, 2.05) is 19.2 Å². The van der Waals surface area contributed by atoms with Crippen LogP contribution in [0.2, 0.25) is 0 Å². The maximum absolute atomic E-state index is 12.9. The van der Waals surface area contributed by atoms with Crippen LogP contribution in [0.1, 0.15) is 52.2 Å². The first-order chi connectivity index (χ1) is 12.4. The summed E-state index contributed by atoms with van der Waals surface area (Å²) in [6.07, 6.45) is 5.70. The van der Waals surface area contributed by atoms with Gasteiger partial charge >= 0.3 is 5.97 Å². The Labute approximate surface area is 156 Å². The molecule has 0 radical (unpaired) electrons. The van der Waals surface area contributed by atoms with Gasteiger partial charge in [0.05, 0.1) is 5.54 Å². The Morgan fingerprint density at radius 2 is 1.92 bits per heavy atom. The van der Waals surface area contributed by atoms with Crippen molar-refractivity contribution in [2.24, 2.45) is 0 Å². The summed E-state index contributed by atoms with van der Waals surface area (Å²) in [5.41, 5.74) is 1.65. The van der Waals surface area contributed by atoms with Crippen molar-refractivity contribution in [3.63, 3.8) is 0 Å². The maximum Gasteiger partial charge on any atom is 0.341 e. The van der Waals surface area contributed by atoms with Crippen LogP contribution in [0.25, 0.3) is 0 Å². The van der Waals surface area contributed by atoms with E-state index in [9.17, 15) is 9.59 Å². The second-order valence-electron chi connectivity index (χ2n) is 6.70. The second-order valence-corrected chi connectivity index (χ2v) is 7.60. The highest BCUT2D eigenvalue weighted by Gasteiger charge is 2.39. The smallest absolute Gasteiger partial charge is 0.341 e. The maximum atomic E-state index is 12.9. The van der Waals surface area contributed by atoms with Gasteiger partial charge in [-0.1, -0.05) is 12.8 Å². The first-order valence-electron chi connectivity index (χ1n) is 8.59. The molecule has 1 heterocycles. The molecule has 138 valence electrons. The average Bonchev–Trinajstić information content (AvgIpc) is 3.25. The second kappa shape index (κ2) is 7.45. The summed E-state index contributed by atoms with van der Waals surface area (Å²) in [5.74, 6) is -0.658. The Kier molecular flexibility index (Phi) is 5.27. The van der Waals surface area contributed by atoms with E-state index >= 15 is 0 Å². The number of hydrogen-bond acceptors (Lipinski definition) is 5. The molecule has 0 unspecified atom stereocenters. The lowest BCUT2D eigenvalue weighted by atomic mass is 9.97. The third-order valence-electron chi connectivity index (χ3n) is 4.71. The van der Waals surface area contributed by atoms with Gasteiger partial charge in [-0.05, 0) is 49.9 Å². The van der Waals surface area contributed by atoms with Gasteiger partial charge in [0.2, 0.25) is 0 Å². The third-order valence-corrected chi connectivity index (χ3v) is 5.69. The normalized spacial score (nSPS) is 15.6. The zero-order valence-corrected chi connectivity index (χ0v) is 15.7. The number of aryl methyl sites for hydroxylation is 2. The summed E-state index contributed by atoms with van der Waals surface area (Å²) in [6.45, 7) is 3.22. The summed E-state index contributed by atoms with van der Waals surface area (Å²) in [6, 6.07) is 3.48. The largest absolute Gasteiger partial charge is 0.481 e. The number of carbonyl (C=O) groups excluding carboxylic acids is 1. The minimum Gasteiger partial charge on any atom is -0.481 e. The van der Waals surface area contributed by atoms with E-state index in [4.69, 9.17) is 9.84 Å². The summed E-state index contributed by atoms with van der Waals surface area (Å²) < 4.78 is 5.34. The Morgan fingerprint density at radius 3 is 2.46 bits per heavy atom. The van der Waals surface area contributed by atoms with Gasteiger partial charge in [0.15, 0.2) is 6.61 Å². The highest BCUT2D eigenvalue weighted by Crippen LogP contribution is 2.40. The number of carboxylic acids is 1. The minimum absolute atomic E-state index is 0.141. The molecule has 0 atom stereocenters. The van der Waals surface area contributed by atoms with Crippen LogP contribution in [-0.4, -0.2) is 28.6 Å². The van der Waals surface area contributed by atoms with Gasteiger partial charge in [-0.3, -0.25) is 4.79 Å². The van der Waals surface area contributed by atoms with Crippen molar-refractivity contribution in [2.45, 2.75) is 45.1 Å². The SMILES string of the molecule is Cc1cc(C(=O)NC2(c3nccs3)CCCC2)cc(C)c1OCC(=O)O. The molecule has 7 heteroatoms. The van der Waals surface area contributed by atoms with E-state index < -0.39 is 12.6 Å². The number of thiazole rings is 1.